The summed E-state index contributed by atoms with van der Waals surface area (Å²) in [5, 5.41) is 0. The lowest BCUT2D eigenvalue weighted by Gasteiger charge is -2.29. The van der Waals surface area contributed by atoms with Crippen LogP contribution >= 0.6 is 11.8 Å². The van der Waals surface area contributed by atoms with Crippen molar-refractivity contribution in [3.05, 3.63) is 0 Å². The fraction of sp³-hybridized carbons (Fsp3) is 0.846. The summed E-state index contributed by atoms with van der Waals surface area (Å²) in [7, 11) is 1.67. The number of rotatable bonds is 3. The molecular weight excluding hydrogens is 264 g/mol. The monoisotopic (exact) mass is 288 g/mol. The highest BCUT2D eigenvalue weighted by molar-refractivity contribution is 7.99. The Morgan fingerprint density at radius 1 is 1.42 bits per heavy atom. The summed E-state index contributed by atoms with van der Waals surface area (Å²) in [6, 6.07) is -0.159. The predicted molar refractivity (Wildman–Crippen MR) is 77.1 cm³/mol. The van der Waals surface area contributed by atoms with Gasteiger partial charge in [0.25, 0.3) is 0 Å². The molecule has 19 heavy (non-hydrogen) atoms. The first-order valence-corrected chi connectivity index (χ1v) is 7.67. The summed E-state index contributed by atoms with van der Waals surface area (Å²) < 4.78 is 5.29. The molecule has 0 spiro atoms. The number of nitrogens with zero attached hydrogens (tertiary/aromatic N) is 2. The van der Waals surface area contributed by atoms with E-state index in [1.165, 1.54) is 4.90 Å². The largest absolute Gasteiger partial charge is 0.444 e. The minimum Gasteiger partial charge on any atom is -0.444 e. The maximum absolute atomic E-state index is 12.0. The molecule has 5 nitrogen and oxygen atoms in total. The Morgan fingerprint density at radius 2 is 2.05 bits per heavy atom. The summed E-state index contributed by atoms with van der Waals surface area (Å²) >= 11 is 1.76. The maximum atomic E-state index is 12.0. The molecule has 0 bridgehead atoms. The van der Waals surface area contributed by atoms with Gasteiger partial charge in [0.1, 0.15) is 5.60 Å². The van der Waals surface area contributed by atoms with E-state index < -0.39 is 5.60 Å². The topological polar surface area (TPSA) is 49.9 Å². The number of thioether (sulfide) groups is 1. The summed E-state index contributed by atoms with van der Waals surface area (Å²) in [5.74, 6) is 1.87. The molecular formula is C13H24N2O3S. The van der Waals surface area contributed by atoms with Gasteiger partial charge in [-0.15, -0.1) is 11.8 Å². The third kappa shape index (κ3) is 5.30. The molecule has 1 aliphatic heterocycles. The Kier molecular flexibility index (Phi) is 5.52. The van der Waals surface area contributed by atoms with E-state index >= 15 is 0 Å². The second-order valence-corrected chi connectivity index (χ2v) is 6.91. The number of ether oxygens (including phenoxy) is 1. The molecule has 1 heterocycles. The highest BCUT2D eigenvalue weighted by atomic mass is 32.2. The maximum Gasteiger partial charge on any atom is 0.410 e. The molecule has 6 heteroatoms. The van der Waals surface area contributed by atoms with Crippen LogP contribution in [0.2, 0.25) is 0 Å². The molecule has 1 rings (SSSR count). The second-order valence-electron chi connectivity index (χ2n) is 5.84. The fourth-order valence-electron chi connectivity index (χ4n) is 1.64. The molecule has 1 fully saturated rings. The van der Waals surface area contributed by atoms with Gasteiger partial charge in [0.15, 0.2) is 0 Å². The number of hydrogen-bond acceptors (Lipinski definition) is 4. The molecule has 0 N–H and O–H groups in total. The van der Waals surface area contributed by atoms with E-state index in [2.05, 4.69) is 0 Å². The van der Waals surface area contributed by atoms with Gasteiger partial charge in [-0.1, -0.05) is 0 Å². The van der Waals surface area contributed by atoms with Crippen molar-refractivity contribution in [2.75, 3.05) is 25.2 Å². The highest BCUT2D eigenvalue weighted by Crippen LogP contribution is 2.17. The summed E-state index contributed by atoms with van der Waals surface area (Å²) in [6.45, 7) is 8.17. The average Bonchev–Trinajstić information content (AvgIpc) is 2.78. The zero-order chi connectivity index (χ0) is 14.6. The van der Waals surface area contributed by atoms with Crippen LogP contribution in [0.25, 0.3) is 0 Å². The Labute approximate surface area is 119 Å². The van der Waals surface area contributed by atoms with E-state index in [0.717, 1.165) is 18.2 Å². The van der Waals surface area contributed by atoms with Crippen LogP contribution in [-0.2, 0) is 9.53 Å². The predicted octanol–water partition coefficient (Wildman–Crippen LogP) is 2.16. The van der Waals surface area contributed by atoms with Crippen molar-refractivity contribution in [2.24, 2.45) is 0 Å². The minimum atomic E-state index is -0.513. The first-order valence-electron chi connectivity index (χ1n) is 6.52. The lowest BCUT2D eigenvalue weighted by atomic mass is 10.2. The van der Waals surface area contributed by atoms with Gasteiger partial charge in [0.05, 0.1) is 5.88 Å². The van der Waals surface area contributed by atoms with Crippen molar-refractivity contribution in [1.29, 1.82) is 0 Å². The smallest absolute Gasteiger partial charge is 0.410 e. The van der Waals surface area contributed by atoms with Gasteiger partial charge in [-0.05, 0) is 27.7 Å². The van der Waals surface area contributed by atoms with E-state index in [0.29, 0.717) is 6.42 Å². The van der Waals surface area contributed by atoms with Crippen molar-refractivity contribution in [2.45, 2.75) is 45.8 Å². The standard InChI is InChI=1S/C13H24N2O3S/c1-10(8-11(16)15-6-7-19-9-15)14(5)12(17)18-13(2,3)4/h10H,6-9H2,1-5H3. The van der Waals surface area contributed by atoms with Gasteiger partial charge in [-0.25, -0.2) is 4.79 Å². The van der Waals surface area contributed by atoms with E-state index in [1.807, 2.05) is 32.6 Å². The van der Waals surface area contributed by atoms with Gasteiger partial charge >= 0.3 is 6.09 Å². The molecule has 0 aromatic carbocycles. The molecule has 1 saturated heterocycles. The average molecular weight is 288 g/mol. The minimum absolute atomic E-state index is 0.105. The third-order valence-electron chi connectivity index (χ3n) is 2.92. The van der Waals surface area contributed by atoms with Gasteiger partial charge in [0.2, 0.25) is 5.91 Å². The van der Waals surface area contributed by atoms with E-state index in [-0.39, 0.29) is 18.0 Å². The van der Waals surface area contributed by atoms with Crippen LogP contribution in [0, 0.1) is 0 Å². The van der Waals surface area contributed by atoms with Crippen molar-refractivity contribution >= 4 is 23.8 Å². The third-order valence-corrected chi connectivity index (χ3v) is 3.88. The first kappa shape index (κ1) is 16.1. The van der Waals surface area contributed by atoms with E-state index in [1.54, 1.807) is 18.8 Å². The van der Waals surface area contributed by atoms with Crippen molar-refractivity contribution in [3.8, 4) is 0 Å². The van der Waals surface area contributed by atoms with Gasteiger partial charge in [0, 0.05) is 31.8 Å². The Hall–Kier alpha value is -0.910. The normalized spacial score (nSPS) is 17.2. The second kappa shape index (κ2) is 6.50. The van der Waals surface area contributed by atoms with Gasteiger partial charge in [-0.3, -0.25) is 4.79 Å². The number of carbonyl (C=O) groups excluding carboxylic acids is 2. The molecule has 0 saturated carbocycles. The number of amides is 2. The number of hydrogen-bond donors (Lipinski definition) is 0. The summed E-state index contributed by atoms with van der Waals surface area (Å²) in [4.78, 5) is 27.2. The van der Waals surface area contributed by atoms with Crippen molar-refractivity contribution < 1.29 is 14.3 Å². The van der Waals surface area contributed by atoms with Crippen LogP contribution in [0.15, 0.2) is 0 Å². The number of carbonyl (C=O) groups is 2. The van der Waals surface area contributed by atoms with E-state index in [9.17, 15) is 9.59 Å². The highest BCUT2D eigenvalue weighted by Gasteiger charge is 2.26. The molecule has 0 radical (unpaired) electrons. The molecule has 0 aliphatic carbocycles. The van der Waals surface area contributed by atoms with Crippen LogP contribution in [0.4, 0.5) is 4.79 Å². The Bertz CT molecular complexity index is 335. The SMILES string of the molecule is CC(CC(=O)N1CCSC1)N(C)C(=O)OC(C)(C)C. The molecule has 2 amide bonds. The van der Waals surface area contributed by atoms with Crippen LogP contribution < -0.4 is 0 Å². The van der Waals surface area contributed by atoms with Crippen molar-refractivity contribution in [3.63, 3.8) is 0 Å². The quantitative estimate of drug-likeness (QED) is 0.798. The molecule has 110 valence electrons. The first-order chi connectivity index (χ1) is 8.70. The lowest BCUT2D eigenvalue weighted by Crippen LogP contribution is -2.42. The molecule has 1 unspecified atom stereocenters. The zero-order valence-electron chi connectivity index (χ0n) is 12.4. The van der Waals surface area contributed by atoms with Crippen LogP contribution in [0.1, 0.15) is 34.1 Å². The summed E-state index contributed by atoms with van der Waals surface area (Å²) in [6.07, 6.45) is -0.0420. The van der Waals surface area contributed by atoms with Crippen LogP contribution in [0.3, 0.4) is 0 Å². The van der Waals surface area contributed by atoms with Crippen molar-refractivity contribution in [1.82, 2.24) is 9.80 Å². The van der Waals surface area contributed by atoms with Crippen LogP contribution in [-0.4, -0.2) is 58.7 Å². The summed E-state index contributed by atoms with van der Waals surface area (Å²) in [5.41, 5.74) is -0.513. The molecule has 0 aromatic rings. The zero-order valence-corrected chi connectivity index (χ0v) is 13.2. The van der Waals surface area contributed by atoms with Gasteiger partial charge in [-0.2, -0.15) is 0 Å². The van der Waals surface area contributed by atoms with E-state index in [4.69, 9.17) is 4.74 Å². The molecule has 1 aliphatic rings. The lowest BCUT2D eigenvalue weighted by molar-refractivity contribution is -0.130. The molecule has 0 aromatic heterocycles. The van der Waals surface area contributed by atoms with Gasteiger partial charge < -0.3 is 14.5 Å². The molecule has 1 atom stereocenters. The Morgan fingerprint density at radius 3 is 2.53 bits per heavy atom. The Balaban J connectivity index is 2.45. The fourth-order valence-corrected chi connectivity index (χ4v) is 2.62. The van der Waals surface area contributed by atoms with Crippen LogP contribution in [0.5, 0.6) is 0 Å².